The van der Waals surface area contributed by atoms with Gasteiger partial charge >= 0.3 is 6.18 Å². The molecule has 292 valence electrons. The molecular weight excluding hydrogens is 742 g/mol. The van der Waals surface area contributed by atoms with Gasteiger partial charge < -0.3 is 14.6 Å². The van der Waals surface area contributed by atoms with Gasteiger partial charge in [-0.3, -0.25) is 19.9 Å². The summed E-state index contributed by atoms with van der Waals surface area (Å²) in [6.45, 7) is 12.8. The van der Waals surface area contributed by atoms with Crippen molar-refractivity contribution < 1.29 is 27.3 Å². The summed E-state index contributed by atoms with van der Waals surface area (Å²) in [6.07, 6.45) is -2.09. The average Bonchev–Trinajstić information content (AvgIpc) is 3.74. The number of piperazine rings is 1. The Labute approximate surface area is 319 Å². The molecule has 0 radical (unpaired) electrons. The molecule has 4 aromatic rings. The van der Waals surface area contributed by atoms with Crippen molar-refractivity contribution >= 4 is 49.4 Å². The predicted octanol–water partition coefficient (Wildman–Crippen LogP) is 4.57. The molecule has 2 atom stereocenters. The predicted molar refractivity (Wildman–Crippen MR) is 202 cm³/mol. The molecule has 18 heteroatoms. The monoisotopic (exact) mass is 788 g/mol. The van der Waals surface area contributed by atoms with Gasteiger partial charge in [0.25, 0.3) is 0 Å². The van der Waals surface area contributed by atoms with Gasteiger partial charge in [-0.05, 0) is 56.0 Å². The molecule has 2 N–H and O–H groups in total. The van der Waals surface area contributed by atoms with E-state index in [1.54, 1.807) is 10.4 Å². The van der Waals surface area contributed by atoms with Crippen molar-refractivity contribution in [2.75, 3.05) is 77.6 Å². The first-order valence-corrected chi connectivity index (χ1v) is 20.3. The SMILES string of the molecule is Cc1c(CN2CCC(Nc3ncnc4sc(CC(F)(F)F)cc34)CC2)ccc2c1cc(C#N)n2CC(C)N1CCN(S(=O)N(O)CN2CCOCC2)CC1. The van der Waals surface area contributed by atoms with Crippen molar-refractivity contribution in [3.63, 3.8) is 0 Å². The van der Waals surface area contributed by atoms with E-state index in [0.717, 1.165) is 64.7 Å². The van der Waals surface area contributed by atoms with Crippen molar-refractivity contribution in [1.29, 1.82) is 5.26 Å². The highest BCUT2D eigenvalue weighted by atomic mass is 32.2. The van der Waals surface area contributed by atoms with Crippen LogP contribution in [0.3, 0.4) is 0 Å². The Bertz CT molecular complexity index is 1980. The molecule has 54 heavy (non-hydrogen) atoms. The van der Waals surface area contributed by atoms with Gasteiger partial charge in [0, 0.05) is 93.3 Å². The largest absolute Gasteiger partial charge is 0.393 e. The van der Waals surface area contributed by atoms with E-state index in [0.29, 0.717) is 80.8 Å². The van der Waals surface area contributed by atoms with Crippen LogP contribution in [0, 0.1) is 18.3 Å². The molecule has 0 aliphatic carbocycles. The summed E-state index contributed by atoms with van der Waals surface area (Å²) >= 11 is -0.578. The van der Waals surface area contributed by atoms with Crippen molar-refractivity contribution in [1.82, 2.24) is 38.0 Å². The molecule has 3 aliphatic heterocycles. The lowest BCUT2D eigenvalue weighted by atomic mass is 10.0. The number of benzene rings is 1. The summed E-state index contributed by atoms with van der Waals surface area (Å²) in [5, 5.41) is 25.8. The number of halogens is 3. The van der Waals surface area contributed by atoms with Gasteiger partial charge in [0.2, 0.25) is 0 Å². The Morgan fingerprint density at radius 3 is 2.52 bits per heavy atom. The van der Waals surface area contributed by atoms with E-state index >= 15 is 0 Å². The van der Waals surface area contributed by atoms with E-state index < -0.39 is 23.8 Å². The number of nitriles is 1. The van der Waals surface area contributed by atoms with Crippen LogP contribution in [0.1, 0.15) is 41.5 Å². The Kier molecular flexibility index (Phi) is 12.2. The van der Waals surface area contributed by atoms with Crippen molar-refractivity contribution in [2.24, 2.45) is 0 Å². The van der Waals surface area contributed by atoms with Crippen LogP contribution in [0.25, 0.3) is 21.1 Å². The maximum absolute atomic E-state index is 13.0. The molecule has 0 spiro atoms. The lowest BCUT2D eigenvalue weighted by molar-refractivity contribution is -0.126. The molecule has 3 fully saturated rings. The quantitative estimate of drug-likeness (QED) is 0.197. The number of anilines is 1. The molecule has 3 aliphatic rings. The van der Waals surface area contributed by atoms with Gasteiger partial charge in [0.15, 0.2) is 11.2 Å². The van der Waals surface area contributed by atoms with E-state index in [-0.39, 0.29) is 23.6 Å². The number of piperidine rings is 1. The molecule has 7 rings (SSSR count). The molecule has 2 unspecified atom stereocenters. The van der Waals surface area contributed by atoms with Crippen LogP contribution in [0.15, 0.2) is 30.6 Å². The van der Waals surface area contributed by atoms with E-state index in [2.05, 4.69) is 61.7 Å². The first-order chi connectivity index (χ1) is 26.0. The molecule has 13 nitrogen and oxygen atoms in total. The second-order valence-corrected chi connectivity index (χ2v) is 17.0. The number of hydroxylamine groups is 1. The van der Waals surface area contributed by atoms with E-state index in [9.17, 15) is 27.8 Å². The third-order valence-electron chi connectivity index (χ3n) is 10.8. The van der Waals surface area contributed by atoms with Gasteiger partial charge in [-0.15, -0.1) is 11.3 Å². The number of hydrogen-bond donors (Lipinski definition) is 2. The zero-order chi connectivity index (χ0) is 38.0. The number of fused-ring (bicyclic) bond motifs is 2. The normalized spacial score (nSPS) is 20.2. The van der Waals surface area contributed by atoms with Crippen molar-refractivity contribution in [3.05, 3.63) is 52.3 Å². The van der Waals surface area contributed by atoms with Crippen LogP contribution in [0.4, 0.5) is 19.0 Å². The van der Waals surface area contributed by atoms with Gasteiger partial charge in [-0.2, -0.15) is 18.4 Å². The third kappa shape index (κ3) is 9.06. The number of nitrogens with zero attached hydrogens (tertiary/aromatic N) is 9. The molecule has 3 saturated heterocycles. The van der Waals surface area contributed by atoms with Gasteiger partial charge in [0.1, 0.15) is 28.7 Å². The Morgan fingerprint density at radius 1 is 1.07 bits per heavy atom. The smallest absolute Gasteiger partial charge is 0.379 e. The van der Waals surface area contributed by atoms with Gasteiger partial charge in [-0.25, -0.2) is 18.5 Å². The first-order valence-electron chi connectivity index (χ1n) is 18.4. The summed E-state index contributed by atoms with van der Waals surface area (Å²) in [6, 6.07) is 10.5. The summed E-state index contributed by atoms with van der Waals surface area (Å²) in [5.41, 5.74) is 4.03. The number of morpholine rings is 1. The number of alkyl halides is 3. The van der Waals surface area contributed by atoms with Crippen LogP contribution >= 0.6 is 11.3 Å². The number of likely N-dealkylation sites (tertiary alicyclic amines) is 1. The highest BCUT2D eigenvalue weighted by Gasteiger charge is 2.31. The lowest BCUT2D eigenvalue weighted by Gasteiger charge is -2.38. The molecule has 0 saturated carbocycles. The second kappa shape index (κ2) is 16.9. The fourth-order valence-corrected chi connectivity index (χ4v) is 9.76. The fraction of sp³-hybridized carbons (Fsp3) is 0.583. The Hall–Kier alpha value is -3.25. The fourth-order valence-electron chi connectivity index (χ4n) is 7.73. The van der Waals surface area contributed by atoms with E-state index in [1.807, 2.05) is 11.0 Å². The van der Waals surface area contributed by atoms with Crippen LogP contribution in [0.5, 0.6) is 0 Å². The summed E-state index contributed by atoms with van der Waals surface area (Å²) < 4.78 is 62.2. The minimum absolute atomic E-state index is 0.136. The molecule has 0 amide bonds. The number of rotatable bonds is 12. The average molecular weight is 789 g/mol. The maximum Gasteiger partial charge on any atom is 0.393 e. The van der Waals surface area contributed by atoms with Crippen molar-refractivity contribution in [2.45, 2.75) is 64.5 Å². The minimum atomic E-state index is -4.27. The van der Waals surface area contributed by atoms with Crippen LogP contribution < -0.4 is 5.32 Å². The zero-order valence-corrected chi connectivity index (χ0v) is 32.2. The first kappa shape index (κ1) is 39.0. The molecule has 0 bridgehead atoms. The number of thiophene rings is 1. The van der Waals surface area contributed by atoms with E-state index in [4.69, 9.17) is 4.74 Å². The van der Waals surface area contributed by atoms with Crippen LogP contribution in [-0.4, -0.2) is 138 Å². The minimum Gasteiger partial charge on any atom is -0.379 e. The summed E-state index contributed by atoms with van der Waals surface area (Å²) in [5.74, 6) is 0.586. The van der Waals surface area contributed by atoms with Crippen LogP contribution in [-0.2, 0) is 35.4 Å². The summed E-state index contributed by atoms with van der Waals surface area (Å²) in [4.78, 5) is 16.1. The number of ether oxygens (including phenoxy) is 1. The number of aryl methyl sites for hydroxylation is 1. The number of hydrogen-bond acceptors (Lipinski definition) is 11. The molecular formula is C36H47F3N10O3S2. The topological polar surface area (TPSA) is 129 Å². The molecule has 6 heterocycles. The van der Waals surface area contributed by atoms with Crippen molar-refractivity contribution in [3.8, 4) is 6.07 Å². The van der Waals surface area contributed by atoms with Gasteiger partial charge in [0.05, 0.1) is 31.7 Å². The highest BCUT2D eigenvalue weighted by molar-refractivity contribution is 7.80. The molecule has 3 aromatic heterocycles. The Morgan fingerprint density at radius 2 is 1.81 bits per heavy atom. The number of aromatic nitrogens is 3. The van der Waals surface area contributed by atoms with Crippen LogP contribution in [0.2, 0.25) is 0 Å². The van der Waals surface area contributed by atoms with E-state index in [1.165, 1.54) is 11.9 Å². The van der Waals surface area contributed by atoms with Gasteiger partial charge in [-0.1, -0.05) is 10.5 Å². The number of nitrogens with one attached hydrogen (secondary N) is 1. The summed E-state index contributed by atoms with van der Waals surface area (Å²) in [7, 11) is 0. The molecule has 1 aromatic carbocycles. The standard InChI is InChI=1S/C36H47F3N10O3S2/c1-25(46-9-11-47(12-10-46)54(51)49(50)24-45-13-15-52-16-14-45)21-48-29(20-40)17-31-26(2)27(3-4-33(31)48)22-44-7-5-28(6-8-44)43-34-32-18-30(19-36(37,38)39)53-35(32)42-23-41-34/h3-4,17-18,23,25,28,50H,5-16,19,21-22,24H2,1-2H3,(H,41,42,43). The Balaban J connectivity index is 0.930. The third-order valence-corrected chi connectivity index (χ3v) is 13.2. The second-order valence-electron chi connectivity index (χ2n) is 14.4. The zero-order valence-electron chi connectivity index (χ0n) is 30.6. The lowest BCUT2D eigenvalue weighted by Crippen LogP contribution is -2.54. The highest BCUT2D eigenvalue weighted by Crippen LogP contribution is 2.34. The maximum atomic E-state index is 13.0.